The van der Waals surface area contributed by atoms with Crippen molar-refractivity contribution in [2.45, 2.75) is 6.54 Å². The third-order valence-corrected chi connectivity index (χ3v) is 5.30. The summed E-state index contributed by atoms with van der Waals surface area (Å²) in [5.41, 5.74) is 4.01. The van der Waals surface area contributed by atoms with Gasteiger partial charge in [-0.25, -0.2) is 14.6 Å². The van der Waals surface area contributed by atoms with Gasteiger partial charge in [-0.1, -0.05) is 43.0 Å². The van der Waals surface area contributed by atoms with Crippen LogP contribution in [0.4, 0.5) is 5.69 Å². The van der Waals surface area contributed by atoms with E-state index >= 15 is 0 Å². The Balaban J connectivity index is 1.47. The molecule has 0 saturated heterocycles. The van der Waals surface area contributed by atoms with Crippen LogP contribution in [0.25, 0.3) is 22.3 Å². The van der Waals surface area contributed by atoms with Crippen LogP contribution >= 0.6 is 0 Å². The summed E-state index contributed by atoms with van der Waals surface area (Å²) >= 11 is 0. The van der Waals surface area contributed by atoms with Crippen molar-refractivity contribution in [2.75, 3.05) is 5.32 Å². The zero-order valence-corrected chi connectivity index (χ0v) is 18.3. The third-order valence-electron chi connectivity index (χ3n) is 5.30. The van der Waals surface area contributed by atoms with Crippen molar-refractivity contribution in [3.05, 3.63) is 110 Å². The Bertz CT molecular complexity index is 1460. The van der Waals surface area contributed by atoms with E-state index < -0.39 is 0 Å². The number of hydrogen-bond acceptors (Lipinski definition) is 5. The van der Waals surface area contributed by atoms with Crippen LogP contribution in [0.5, 0.6) is 11.5 Å². The molecule has 7 heteroatoms. The average Bonchev–Trinajstić information content (AvgIpc) is 3.24. The van der Waals surface area contributed by atoms with Crippen LogP contribution in [-0.2, 0) is 11.3 Å². The third kappa shape index (κ3) is 4.40. The number of hydrogen-bond donors (Lipinski definition) is 1. The van der Waals surface area contributed by atoms with E-state index in [0.29, 0.717) is 17.9 Å². The van der Waals surface area contributed by atoms with Crippen LogP contribution in [-0.4, -0.2) is 25.7 Å². The van der Waals surface area contributed by atoms with Crippen molar-refractivity contribution in [3.63, 3.8) is 0 Å². The Morgan fingerprint density at radius 2 is 1.71 bits per heavy atom. The molecule has 34 heavy (non-hydrogen) atoms. The molecule has 166 valence electrons. The summed E-state index contributed by atoms with van der Waals surface area (Å²) in [5.74, 6) is 1.25. The number of carbonyl (C=O) groups excluding carboxylic acids is 1. The summed E-state index contributed by atoms with van der Waals surface area (Å²) in [6, 6.07) is 25.0. The largest absolute Gasteiger partial charge is 0.457 e. The van der Waals surface area contributed by atoms with E-state index in [0.717, 1.165) is 33.7 Å². The zero-order valence-electron chi connectivity index (χ0n) is 18.3. The van der Waals surface area contributed by atoms with Crippen molar-refractivity contribution in [3.8, 4) is 22.8 Å². The zero-order chi connectivity index (χ0) is 23.3. The second-order valence-corrected chi connectivity index (χ2v) is 7.56. The molecule has 1 N–H and O–H groups in total. The lowest BCUT2D eigenvalue weighted by Crippen LogP contribution is -2.11. The second kappa shape index (κ2) is 9.38. The Hall–Kier alpha value is -4.78. The van der Waals surface area contributed by atoms with Gasteiger partial charge in [0, 0.05) is 17.4 Å². The predicted molar refractivity (Wildman–Crippen MR) is 132 cm³/mol. The molecule has 0 aliphatic carbocycles. The number of nitrogens with one attached hydrogen (secondary N) is 1. The first-order valence-electron chi connectivity index (χ1n) is 10.7. The van der Waals surface area contributed by atoms with Gasteiger partial charge in [0.2, 0.25) is 5.91 Å². The van der Waals surface area contributed by atoms with E-state index in [2.05, 4.69) is 21.9 Å². The highest BCUT2D eigenvalue weighted by molar-refractivity contribution is 5.99. The van der Waals surface area contributed by atoms with E-state index in [1.807, 2.05) is 83.5 Å². The van der Waals surface area contributed by atoms with E-state index in [-0.39, 0.29) is 5.91 Å². The number of aromatic nitrogens is 4. The van der Waals surface area contributed by atoms with Gasteiger partial charge in [-0.05, 0) is 54.1 Å². The number of carbonyl (C=O) groups is 1. The summed E-state index contributed by atoms with van der Waals surface area (Å²) in [5, 5.41) is 8.54. The Labute approximate surface area is 196 Å². The highest BCUT2D eigenvalue weighted by atomic mass is 16.5. The quantitative estimate of drug-likeness (QED) is 0.335. The van der Waals surface area contributed by atoms with Gasteiger partial charge in [-0.15, -0.1) is 0 Å². The molecule has 0 aliphatic heterocycles. The molecule has 2 aromatic heterocycles. The first kappa shape index (κ1) is 21.1. The van der Waals surface area contributed by atoms with Gasteiger partial charge in [0.05, 0.1) is 11.9 Å². The normalized spacial score (nSPS) is 10.7. The van der Waals surface area contributed by atoms with Crippen molar-refractivity contribution in [2.24, 2.45) is 0 Å². The molecule has 0 unspecified atom stereocenters. The Kier molecular flexibility index (Phi) is 5.82. The number of rotatable bonds is 7. The minimum atomic E-state index is -0.265. The van der Waals surface area contributed by atoms with E-state index in [4.69, 9.17) is 9.84 Å². The number of anilines is 1. The number of benzene rings is 3. The Morgan fingerprint density at radius 3 is 2.50 bits per heavy atom. The molecule has 0 spiro atoms. The van der Waals surface area contributed by atoms with Gasteiger partial charge in [-0.2, -0.15) is 5.10 Å². The molecule has 0 bridgehead atoms. The van der Waals surface area contributed by atoms with Crippen LogP contribution in [0, 0.1) is 0 Å². The molecule has 5 aromatic rings. The van der Waals surface area contributed by atoms with Crippen LogP contribution in [0.3, 0.4) is 0 Å². The first-order chi connectivity index (χ1) is 16.7. The van der Waals surface area contributed by atoms with E-state index in [1.165, 1.54) is 12.4 Å². The SMILES string of the molecule is C=CC(=O)Nc1ccccc1Cn1nc(-c2ccc(Oc3ccccc3)cc2)c2cncnc21. The summed E-state index contributed by atoms with van der Waals surface area (Å²) in [4.78, 5) is 20.5. The molecule has 0 radical (unpaired) electrons. The smallest absolute Gasteiger partial charge is 0.247 e. The molecule has 5 rings (SSSR count). The van der Waals surface area contributed by atoms with Crippen molar-refractivity contribution in [1.82, 2.24) is 19.7 Å². The average molecular weight is 447 g/mol. The summed E-state index contributed by atoms with van der Waals surface area (Å²) in [6.07, 6.45) is 4.52. The first-order valence-corrected chi connectivity index (χ1v) is 10.7. The van der Waals surface area contributed by atoms with Crippen LogP contribution in [0.1, 0.15) is 5.56 Å². The number of ether oxygens (including phenoxy) is 1. The van der Waals surface area contributed by atoms with Crippen molar-refractivity contribution >= 4 is 22.6 Å². The Morgan fingerprint density at radius 1 is 0.971 bits per heavy atom. The number of amides is 1. The summed E-state index contributed by atoms with van der Waals surface area (Å²) in [6.45, 7) is 3.95. The van der Waals surface area contributed by atoms with E-state index in [1.54, 1.807) is 6.20 Å². The molecule has 0 atom stereocenters. The van der Waals surface area contributed by atoms with Gasteiger partial charge in [-0.3, -0.25) is 4.79 Å². The van der Waals surface area contributed by atoms with Gasteiger partial charge in [0.1, 0.15) is 23.5 Å². The fraction of sp³-hybridized carbons (Fsp3) is 0.0370. The van der Waals surface area contributed by atoms with Crippen LogP contribution in [0.2, 0.25) is 0 Å². The van der Waals surface area contributed by atoms with Crippen LogP contribution in [0.15, 0.2) is 104 Å². The minimum Gasteiger partial charge on any atom is -0.457 e. The minimum absolute atomic E-state index is 0.265. The molecule has 2 heterocycles. The number of nitrogens with zero attached hydrogens (tertiary/aromatic N) is 4. The molecule has 1 amide bonds. The summed E-state index contributed by atoms with van der Waals surface area (Å²) < 4.78 is 7.72. The standard InChI is InChI=1S/C27H21N5O2/c1-2-25(33)30-24-11-7-6-8-20(24)17-32-27-23(16-28-18-29-27)26(31-32)19-12-14-22(15-13-19)34-21-9-4-3-5-10-21/h2-16,18H,1,17H2,(H,30,33). The second-order valence-electron chi connectivity index (χ2n) is 7.56. The lowest BCUT2D eigenvalue weighted by Gasteiger charge is -2.10. The molecule has 0 fully saturated rings. The lowest BCUT2D eigenvalue weighted by atomic mass is 10.1. The fourth-order valence-corrected chi connectivity index (χ4v) is 3.67. The van der Waals surface area contributed by atoms with Gasteiger partial charge < -0.3 is 10.1 Å². The highest BCUT2D eigenvalue weighted by Gasteiger charge is 2.15. The van der Waals surface area contributed by atoms with E-state index in [9.17, 15) is 4.79 Å². The topological polar surface area (TPSA) is 81.9 Å². The van der Waals surface area contributed by atoms with Crippen molar-refractivity contribution < 1.29 is 9.53 Å². The monoisotopic (exact) mass is 447 g/mol. The molecule has 7 nitrogen and oxygen atoms in total. The van der Waals surface area contributed by atoms with Crippen LogP contribution < -0.4 is 10.1 Å². The van der Waals surface area contributed by atoms with Gasteiger partial charge in [0.25, 0.3) is 0 Å². The maximum atomic E-state index is 11.8. The highest BCUT2D eigenvalue weighted by Crippen LogP contribution is 2.30. The number of para-hydroxylation sites is 2. The van der Waals surface area contributed by atoms with Gasteiger partial charge >= 0.3 is 0 Å². The molecular weight excluding hydrogens is 426 g/mol. The molecule has 0 saturated carbocycles. The molecule has 0 aliphatic rings. The molecular formula is C27H21N5O2. The summed E-state index contributed by atoms with van der Waals surface area (Å²) in [7, 11) is 0. The maximum Gasteiger partial charge on any atom is 0.247 e. The predicted octanol–water partition coefficient (Wildman–Crippen LogP) is 5.46. The van der Waals surface area contributed by atoms with Crippen molar-refractivity contribution in [1.29, 1.82) is 0 Å². The lowest BCUT2D eigenvalue weighted by molar-refractivity contribution is -0.111. The fourth-order valence-electron chi connectivity index (χ4n) is 3.67. The number of fused-ring (bicyclic) bond motifs is 1. The maximum absolute atomic E-state index is 11.8. The molecule has 3 aromatic carbocycles. The van der Waals surface area contributed by atoms with Gasteiger partial charge in [0.15, 0.2) is 5.65 Å².